The third-order valence-corrected chi connectivity index (χ3v) is 6.73. The number of nitrogens with one attached hydrogen (secondary N) is 2. The summed E-state index contributed by atoms with van der Waals surface area (Å²) in [4.78, 5) is 39.8. The third kappa shape index (κ3) is 5.07. The van der Waals surface area contributed by atoms with E-state index in [1.165, 1.54) is 4.90 Å². The van der Waals surface area contributed by atoms with Crippen molar-refractivity contribution in [2.75, 3.05) is 5.32 Å². The number of hydrogen-bond acceptors (Lipinski definition) is 4. The zero-order valence-corrected chi connectivity index (χ0v) is 19.8. The molecule has 0 aromatic heterocycles. The molecule has 33 heavy (non-hydrogen) atoms. The van der Waals surface area contributed by atoms with Gasteiger partial charge in [-0.1, -0.05) is 60.7 Å². The number of aryl methyl sites for hydroxylation is 1. The Morgan fingerprint density at radius 3 is 2.39 bits per heavy atom. The predicted octanol–water partition coefficient (Wildman–Crippen LogP) is 5.14. The van der Waals surface area contributed by atoms with Crippen LogP contribution in [0, 0.1) is 6.92 Å². The van der Waals surface area contributed by atoms with Gasteiger partial charge in [-0.2, -0.15) is 0 Å². The van der Waals surface area contributed by atoms with Gasteiger partial charge >= 0.3 is 0 Å². The van der Waals surface area contributed by atoms with Gasteiger partial charge in [-0.3, -0.25) is 19.3 Å². The molecule has 0 radical (unpaired) electrons. The Balaban J connectivity index is 1.48. The number of amides is 3. The monoisotopic (exact) mass is 485 g/mol. The quantitative estimate of drug-likeness (QED) is 0.555. The number of halogens is 2. The Bertz CT molecular complexity index is 1120. The number of imide groups is 1. The number of anilines is 1. The summed E-state index contributed by atoms with van der Waals surface area (Å²) < 4.78 is 0. The van der Waals surface area contributed by atoms with Crippen LogP contribution in [0.25, 0.3) is 0 Å². The summed E-state index contributed by atoms with van der Waals surface area (Å²) in [6, 6.07) is 12.3. The zero-order chi connectivity index (χ0) is 23.5. The molecule has 0 atom stereocenters. The summed E-state index contributed by atoms with van der Waals surface area (Å²) in [7, 11) is 0. The standard InChI is InChI=1S/C25H25Cl2N3O3/c1-15-7-10-17(23(31)28-14-16-8-11-18(26)12-9-16)13-20(15)29-22-21(27)24(32)30(25(22)33)19-5-3-2-4-6-19/h7-13,19,29H,2-6,14H2,1H3,(H,28,31). The molecular weight excluding hydrogens is 461 g/mol. The van der Waals surface area contributed by atoms with Crippen LogP contribution in [0.3, 0.4) is 0 Å². The van der Waals surface area contributed by atoms with Crippen LogP contribution in [-0.2, 0) is 16.1 Å². The number of rotatable bonds is 6. The van der Waals surface area contributed by atoms with E-state index in [2.05, 4.69) is 10.6 Å². The lowest BCUT2D eigenvalue weighted by Gasteiger charge is -2.29. The van der Waals surface area contributed by atoms with Gasteiger partial charge in [0.2, 0.25) is 0 Å². The van der Waals surface area contributed by atoms with E-state index in [4.69, 9.17) is 23.2 Å². The second-order valence-corrected chi connectivity index (χ2v) is 9.24. The maximum atomic E-state index is 13.1. The second kappa shape index (κ2) is 9.98. The van der Waals surface area contributed by atoms with Crippen molar-refractivity contribution in [1.29, 1.82) is 0 Å². The Morgan fingerprint density at radius 1 is 1.00 bits per heavy atom. The zero-order valence-electron chi connectivity index (χ0n) is 18.3. The predicted molar refractivity (Wildman–Crippen MR) is 129 cm³/mol. The van der Waals surface area contributed by atoms with E-state index in [1.807, 2.05) is 19.1 Å². The molecule has 0 unspecified atom stereocenters. The summed E-state index contributed by atoms with van der Waals surface area (Å²) in [6.45, 7) is 2.21. The molecule has 4 rings (SSSR count). The fourth-order valence-electron chi connectivity index (χ4n) is 4.22. The summed E-state index contributed by atoms with van der Waals surface area (Å²) in [5.41, 5.74) is 2.78. The van der Waals surface area contributed by atoms with Crippen LogP contribution in [0.5, 0.6) is 0 Å². The van der Waals surface area contributed by atoms with E-state index in [9.17, 15) is 14.4 Å². The van der Waals surface area contributed by atoms with Crippen molar-refractivity contribution in [1.82, 2.24) is 10.2 Å². The van der Waals surface area contributed by atoms with Crippen LogP contribution in [0.1, 0.15) is 53.6 Å². The highest BCUT2D eigenvalue weighted by molar-refractivity contribution is 6.48. The SMILES string of the molecule is Cc1ccc(C(=O)NCc2ccc(Cl)cc2)cc1NC1=C(Cl)C(=O)N(C2CCCCC2)C1=O. The first-order valence-electron chi connectivity index (χ1n) is 11.0. The number of carbonyl (C=O) groups excluding carboxylic acids is 3. The molecule has 1 fully saturated rings. The highest BCUT2D eigenvalue weighted by Crippen LogP contribution is 2.33. The summed E-state index contributed by atoms with van der Waals surface area (Å²) in [6.07, 6.45) is 4.71. The van der Waals surface area contributed by atoms with E-state index < -0.39 is 11.8 Å². The molecule has 1 aliphatic carbocycles. The molecule has 3 amide bonds. The molecule has 2 aliphatic rings. The van der Waals surface area contributed by atoms with Crippen molar-refractivity contribution in [3.63, 3.8) is 0 Å². The van der Waals surface area contributed by atoms with Crippen molar-refractivity contribution in [3.8, 4) is 0 Å². The third-order valence-electron chi connectivity index (χ3n) is 6.12. The molecule has 2 aromatic rings. The molecule has 0 bridgehead atoms. The fourth-order valence-corrected chi connectivity index (χ4v) is 4.56. The van der Waals surface area contributed by atoms with Crippen LogP contribution in [-0.4, -0.2) is 28.7 Å². The smallest absolute Gasteiger partial charge is 0.279 e. The number of hydrogen-bond donors (Lipinski definition) is 2. The van der Waals surface area contributed by atoms with E-state index in [-0.39, 0.29) is 22.7 Å². The van der Waals surface area contributed by atoms with Gasteiger partial charge in [0.1, 0.15) is 10.7 Å². The molecule has 2 aromatic carbocycles. The first kappa shape index (κ1) is 23.3. The van der Waals surface area contributed by atoms with Gasteiger partial charge < -0.3 is 10.6 Å². The molecule has 0 saturated heterocycles. The van der Waals surface area contributed by atoms with Crippen molar-refractivity contribution >= 4 is 46.6 Å². The lowest BCUT2D eigenvalue weighted by molar-refractivity contribution is -0.140. The topological polar surface area (TPSA) is 78.5 Å². The van der Waals surface area contributed by atoms with Gasteiger partial charge in [0, 0.05) is 28.9 Å². The van der Waals surface area contributed by atoms with E-state index >= 15 is 0 Å². The minimum Gasteiger partial charge on any atom is -0.349 e. The highest BCUT2D eigenvalue weighted by Gasteiger charge is 2.42. The number of nitrogens with zero attached hydrogens (tertiary/aromatic N) is 1. The molecular formula is C25H25Cl2N3O3. The average Bonchev–Trinajstić information content (AvgIpc) is 3.03. The Hall–Kier alpha value is -2.83. The molecule has 6 nitrogen and oxygen atoms in total. The molecule has 1 aliphatic heterocycles. The van der Waals surface area contributed by atoms with Crippen LogP contribution < -0.4 is 10.6 Å². The number of carbonyl (C=O) groups is 3. The van der Waals surface area contributed by atoms with Crippen LogP contribution in [0.4, 0.5) is 5.69 Å². The maximum absolute atomic E-state index is 13.1. The lowest BCUT2D eigenvalue weighted by atomic mass is 9.94. The Labute approximate surface area is 202 Å². The fraction of sp³-hybridized carbons (Fsp3) is 0.320. The largest absolute Gasteiger partial charge is 0.349 e. The Morgan fingerprint density at radius 2 is 1.70 bits per heavy atom. The van der Waals surface area contributed by atoms with Gasteiger partial charge in [0.25, 0.3) is 17.7 Å². The van der Waals surface area contributed by atoms with Gasteiger partial charge in [0.05, 0.1) is 0 Å². The molecule has 0 spiro atoms. The minimum absolute atomic E-state index is 0.0639. The van der Waals surface area contributed by atoms with Gasteiger partial charge in [-0.15, -0.1) is 0 Å². The first-order valence-corrected chi connectivity index (χ1v) is 11.8. The van der Waals surface area contributed by atoms with Crippen LogP contribution >= 0.6 is 23.2 Å². The highest BCUT2D eigenvalue weighted by atomic mass is 35.5. The van der Waals surface area contributed by atoms with Crippen molar-refractivity contribution in [2.45, 2.75) is 51.6 Å². The van der Waals surface area contributed by atoms with Crippen molar-refractivity contribution < 1.29 is 14.4 Å². The van der Waals surface area contributed by atoms with E-state index in [1.54, 1.807) is 30.3 Å². The Kier molecular flexibility index (Phi) is 7.05. The summed E-state index contributed by atoms with van der Waals surface area (Å²) in [5.74, 6) is -1.12. The second-order valence-electron chi connectivity index (χ2n) is 8.42. The summed E-state index contributed by atoms with van der Waals surface area (Å²) >= 11 is 12.2. The van der Waals surface area contributed by atoms with Crippen molar-refractivity contribution in [2.24, 2.45) is 0 Å². The van der Waals surface area contributed by atoms with Gasteiger partial charge in [-0.25, -0.2) is 0 Å². The van der Waals surface area contributed by atoms with Crippen LogP contribution in [0.15, 0.2) is 53.2 Å². The van der Waals surface area contributed by atoms with E-state index in [0.717, 1.165) is 43.2 Å². The van der Waals surface area contributed by atoms with E-state index in [0.29, 0.717) is 22.8 Å². The molecule has 1 heterocycles. The molecule has 1 saturated carbocycles. The molecule has 172 valence electrons. The van der Waals surface area contributed by atoms with Crippen LogP contribution in [0.2, 0.25) is 5.02 Å². The molecule has 8 heteroatoms. The normalized spacial score (nSPS) is 17.0. The van der Waals surface area contributed by atoms with Gasteiger partial charge in [-0.05, 0) is 55.2 Å². The first-order chi connectivity index (χ1) is 15.8. The maximum Gasteiger partial charge on any atom is 0.279 e. The summed E-state index contributed by atoms with van der Waals surface area (Å²) in [5, 5.41) is 6.42. The lowest BCUT2D eigenvalue weighted by Crippen LogP contribution is -2.42. The van der Waals surface area contributed by atoms with Crippen molar-refractivity contribution in [3.05, 3.63) is 74.9 Å². The molecule has 2 N–H and O–H groups in total. The minimum atomic E-state index is -0.453. The average molecular weight is 486 g/mol. The van der Waals surface area contributed by atoms with Gasteiger partial charge in [0.15, 0.2) is 0 Å². The number of benzene rings is 2.